The molecule has 2 rings (SSSR count). The minimum absolute atomic E-state index is 0.0625. The first-order valence-electron chi connectivity index (χ1n) is 6.94. The van der Waals surface area contributed by atoms with E-state index >= 15 is 0 Å². The molecule has 20 heavy (non-hydrogen) atoms. The lowest BCUT2D eigenvalue weighted by molar-refractivity contribution is 0.170. The van der Waals surface area contributed by atoms with Crippen molar-refractivity contribution in [3.63, 3.8) is 0 Å². The van der Waals surface area contributed by atoms with Crippen molar-refractivity contribution in [2.75, 3.05) is 26.1 Å². The van der Waals surface area contributed by atoms with E-state index in [1.165, 1.54) is 6.42 Å². The summed E-state index contributed by atoms with van der Waals surface area (Å²) in [6.07, 6.45) is 3.33. The van der Waals surface area contributed by atoms with Crippen LogP contribution in [-0.4, -0.2) is 37.7 Å². The molecule has 0 aromatic heterocycles. The van der Waals surface area contributed by atoms with Crippen molar-refractivity contribution in [2.24, 2.45) is 0 Å². The predicted molar refractivity (Wildman–Crippen MR) is 78.6 cm³/mol. The van der Waals surface area contributed by atoms with Crippen molar-refractivity contribution in [3.05, 3.63) is 18.2 Å². The van der Waals surface area contributed by atoms with Gasteiger partial charge in [-0.05, 0) is 26.2 Å². The largest absolute Gasteiger partial charge is 0.497 e. The van der Waals surface area contributed by atoms with Gasteiger partial charge in [0.05, 0.1) is 14.2 Å². The van der Waals surface area contributed by atoms with Gasteiger partial charge in [0, 0.05) is 36.5 Å². The van der Waals surface area contributed by atoms with Crippen LogP contribution in [-0.2, 0) is 0 Å². The second-order valence-electron chi connectivity index (χ2n) is 5.07. The lowest BCUT2D eigenvalue weighted by atomic mass is 10.0. The molecule has 1 saturated heterocycles. The summed E-state index contributed by atoms with van der Waals surface area (Å²) in [4.78, 5) is 14.2. The lowest BCUT2D eigenvalue weighted by Gasteiger charge is -2.33. The number of likely N-dealkylation sites (tertiary alicyclic amines) is 1. The van der Waals surface area contributed by atoms with Crippen LogP contribution in [0.5, 0.6) is 11.5 Å². The molecule has 1 aliphatic heterocycles. The zero-order chi connectivity index (χ0) is 14.5. The highest BCUT2D eigenvalue weighted by molar-refractivity contribution is 5.90. The molecule has 0 spiro atoms. The molecule has 0 bridgehead atoms. The molecule has 5 heteroatoms. The number of methoxy groups -OCH3 is 2. The first kappa shape index (κ1) is 14.5. The van der Waals surface area contributed by atoms with E-state index in [2.05, 4.69) is 12.2 Å². The van der Waals surface area contributed by atoms with Crippen LogP contribution in [0, 0.1) is 0 Å². The van der Waals surface area contributed by atoms with E-state index in [1.807, 2.05) is 4.90 Å². The molecular weight excluding hydrogens is 256 g/mol. The number of hydrogen-bond acceptors (Lipinski definition) is 3. The van der Waals surface area contributed by atoms with Gasteiger partial charge in [-0.25, -0.2) is 4.79 Å². The van der Waals surface area contributed by atoms with Crippen molar-refractivity contribution < 1.29 is 14.3 Å². The van der Waals surface area contributed by atoms with Gasteiger partial charge in [-0.1, -0.05) is 0 Å². The Balaban J connectivity index is 2.10. The van der Waals surface area contributed by atoms with Crippen LogP contribution in [0.4, 0.5) is 10.5 Å². The monoisotopic (exact) mass is 278 g/mol. The molecule has 1 heterocycles. The summed E-state index contributed by atoms with van der Waals surface area (Å²) in [6.45, 7) is 2.90. The third kappa shape index (κ3) is 3.35. The van der Waals surface area contributed by atoms with Gasteiger partial charge in [0.2, 0.25) is 0 Å². The summed E-state index contributed by atoms with van der Waals surface area (Å²) < 4.78 is 10.4. The van der Waals surface area contributed by atoms with Crippen LogP contribution in [0.3, 0.4) is 0 Å². The topological polar surface area (TPSA) is 50.8 Å². The Labute approximate surface area is 119 Å². The zero-order valence-electron chi connectivity index (χ0n) is 12.3. The SMILES string of the molecule is COc1cc(NC(=O)N2CCCCC2C)cc(OC)c1. The number of benzene rings is 1. The van der Waals surface area contributed by atoms with Gasteiger partial charge in [0.15, 0.2) is 0 Å². The minimum atomic E-state index is -0.0625. The number of urea groups is 1. The number of ether oxygens (including phenoxy) is 2. The van der Waals surface area contributed by atoms with E-state index < -0.39 is 0 Å². The summed E-state index contributed by atoms with van der Waals surface area (Å²) in [5, 5.41) is 2.92. The fourth-order valence-corrected chi connectivity index (χ4v) is 2.47. The normalized spacial score (nSPS) is 18.6. The first-order valence-corrected chi connectivity index (χ1v) is 6.94. The molecule has 1 aromatic rings. The van der Waals surface area contributed by atoms with Gasteiger partial charge in [0.25, 0.3) is 0 Å². The number of carbonyl (C=O) groups is 1. The Morgan fingerprint density at radius 1 is 1.20 bits per heavy atom. The van der Waals surface area contributed by atoms with E-state index in [0.29, 0.717) is 17.2 Å². The van der Waals surface area contributed by atoms with Crippen LogP contribution in [0.1, 0.15) is 26.2 Å². The van der Waals surface area contributed by atoms with E-state index in [4.69, 9.17) is 9.47 Å². The summed E-state index contributed by atoms with van der Waals surface area (Å²) in [6, 6.07) is 5.58. The number of amides is 2. The molecule has 110 valence electrons. The molecule has 2 amide bonds. The molecule has 5 nitrogen and oxygen atoms in total. The van der Waals surface area contributed by atoms with Gasteiger partial charge < -0.3 is 19.7 Å². The highest BCUT2D eigenvalue weighted by Crippen LogP contribution is 2.26. The Kier molecular flexibility index (Phi) is 4.71. The Bertz CT molecular complexity index is 454. The molecular formula is C15H22N2O3. The van der Waals surface area contributed by atoms with Gasteiger partial charge in [-0.15, -0.1) is 0 Å². The van der Waals surface area contributed by atoms with Crippen LogP contribution in [0.2, 0.25) is 0 Å². The summed E-state index contributed by atoms with van der Waals surface area (Å²) >= 11 is 0. The number of anilines is 1. The maximum atomic E-state index is 12.3. The Morgan fingerprint density at radius 2 is 1.85 bits per heavy atom. The number of piperidine rings is 1. The van der Waals surface area contributed by atoms with E-state index in [0.717, 1.165) is 19.4 Å². The standard InChI is InChI=1S/C15H22N2O3/c1-11-6-4-5-7-17(11)15(18)16-12-8-13(19-2)10-14(9-12)20-3/h8-11H,4-7H2,1-3H3,(H,16,18). The fourth-order valence-electron chi connectivity index (χ4n) is 2.47. The average Bonchev–Trinajstić information content (AvgIpc) is 2.47. The highest BCUT2D eigenvalue weighted by atomic mass is 16.5. The molecule has 1 atom stereocenters. The Morgan fingerprint density at radius 3 is 2.40 bits per heavy atom. The Hall–Kier alpha value is -1.91. The van der Waals surface area contributed by atoms with Crippen molar-refractivity contribution in [1.82, 2.24) is 4.90 Å². The van der Waals surface area contributed by atoms with Gasteiger partial charge in [0.1, 0.15) is 11.5 Å². The third-order valence-corrected chi connectivity index (χ3v) is 3.67. The zero-order valence-corrected chi connectivity index (χ0v) is 12.3. The average molecular weight is 278 g/mol. The molecule has 1 aromatic carbocycles. The van der Waals surface area contributed by atoms with Crippen LogP contribution in [0.15, 0.2) is 18.2 Å². The number of carbonyl (C=O) groups excluding carboxylic acids is 1. The van der Waals surface area contributed by atoms with Gasteiger partial charge >= 0.3 is 6.03 Å². The molecule has 0 saturated carbocycles. The van der Waals surface area contributed by atoms with Gasteiger partial charge in [-0.3, -0.25) is 0 Å². The summed E-state index contributed by atoms with van der Waals surface area (Å²) in [7, 11) is 3.18. The number of hydrogen-bond donors (Lipinski definition) is 1. The fraction of sp³-hybridized carbons (Fsp3) is 0.533. The van der Waals surface area contributed by atoms with Crippen LogP contribution in [0.25, 0.3) is 0 Å². The third-order valence-electron chi connectivity index (χ3n) is 3.67. The molecule has 0 radical (unpaired) electrons. The maximum absolute atomic E-state index is 12.3. The molecule has 1 N–H and O–H groups in total. The summed E-state index contributed by atoms with van der Waals surface area (Å²) in [5.41, 5.74) is 0.684. The lowest BCUT2D eigenvalue weighted by Crippen LogP contribution is -2.44. The second-order valence-corrected chi connectivity index (χ2v) is 5.07. The number of rotatable bonds is 3. The molecule has 1 unspecified atom stereocenters. The van der Waals surface area contributed by atoms with Crippen LogP contribution >= 0.6 is 0 Å². The quantitative estimate of drug-likeness (QED) is 0.924. The molecule has 1 aliphatic rings. The van der Waals surface area contributed by atoms with Crippen molar-refractivity contribution in [2.45, 2.75) is 32.2 Å². The molecule has 1 fully saturated rings. The molecule has 0 aliphatic carbocycles. The summed E-state index contributed by atoms with van der Waals surface area (Å²) in [5.74, 6) is 1.32. The minimum Gasteiger partial charge on any atom is -0.497 e. The maximum Gasteiger partial charge on any atom is 0.322 e. The predicted octanol–water partition coefficient (Wildman–Crippen LogP) is 3.11. The number of nitrogens with one attached hydrogen (secondary N) is 1. The van der Waals surface area contributed by atoms with E-state index in [1.54, 1.807) is 32.4 Å². The number of nitrogens with zero attached hydrogens (tertiary/aromatic N) is 1. The smallest absolute Gasteiger partial charge is 0.322 e. The van der Waals surface area contributed by atoms with Gasteiger partial charge in [-0.2, -0.15) is 0 Å². The highest BCUT2D eigenvalue weighted by Gasteiger charge is 2.23. The second kappa shape index (κ2) is 6.50. The van der Waals surface area contributed by atoms with E-state index in [-0.39, 0.29) is 12.1 Å². The van der Waals surface area contributed by atoms with Crippen molar-refractivity contribution in [1.29, 1.82) is 0 Å². The van der Waals surface area contributed by atoms with Crippen molar-refractivity contribution in [3.8, 4) is 11.5 Å². The van der Waals surface area contributed by atoms with E-state index in [9.17, 15) is 4.79 Å². The first-order chi connectivity index (χ1) is 9.63. The van der Waals surface area contributed by atoms with Crippen molar-refractivity contribution >= 4 is 11.7 Å². The van der Waals surface area contributed by atoms with Crippen LogP contribution < -0.4 is 14.8 Å².